The van der Waals surface area contributed by atoms with E-state index in [1.807, 2.05) is 55.0 Å². The molecule has 0 saturated carbocycles. The second kappa shape index (κ2) is 7.05. The maximum Gasteiger partial charge on any atom is 0.293 e. The average molecular weight is 312 g/mol. The van der Waals surface area contributed by atoms with E-state index >= 15 is 0 Å². The number of Topliss-reactive ketones (excluding diaryl/α,β-unsaturated/α-hetero) is 1. The van der Waals surface area contributed by atoms with Gasteiger partial charge in [0.25, 0.3) is 5.91 Å². The highest BCUT2D eigenvalue weighted by Gasteiger charge is 2.21. The molecule has 120 valence electrons. The van der Waals surface area contributed by atoms with Gasteiger partial charge in [-0.15, -0.1) is 0 Å². The van der Waals surface area contributed by atoms with Crippen LogP contribution in [0.3, 0.4) is 0 Å². The summed E-state index contributed by atoms with van der Waals surface area (Å²) in [4.78, 5) is 25.6. The quantitative estimate of drug-likeness (QED) is 0.681. The minimum absolute atomic E-state index is 0.00721. The summed E-state index contributed by atoms with van der Waals surface area (Å²) < 4.78 is 1.85. The third-order valence-corrected chi connectivity index (χ3v) is 3.74. The molecule has 1 aromatic heterocycles. The normalized spacial score (nSPS) is 11.7. The number of hydrogen-bond acceptors (Lipinski definition) is 3. The van der Waals surface area contributed by atoms with Gasteiger partial charge in [-0.3, -0.25) is 9.59 Å². The van der Waals surface area contributed by atoms with Crippen LogP contribution < -0.4 is 14.8 Å². The Balaban J connectivity index is 2.05. The zero-order valence-corrected chi connectivity index (χ0v) is 13.9. The number of amides is 1. The summed E-state index contributed by atoms with van der Waals surface area (Å²) in [6.07, 6.45) is 3.77. The molecule has 23 heavy (non-hydrogen) atoms. The fraction of sp³-hybridized carbons (Fsp3) is 0.278. The molecule has 5 nitrogen and oxygen atoms in total. The average Bonchev–Trinajstić information content (AvgIpc) is 2.54. The van der Waals surface area contributed by atoms with E-state index in [0.29, 0.717) is 11.3 Å². The van der Waals surface area contributed by atoms with Gasteiger partial charge in [-0.1, -0.05) is 0 Å². The molecule has 1 heterocycles. The molecule has 1 aromatic carbocycles. The monoisotopic (exact) mass is 312 g/mol. The summed E-state index contributed by atoms with van der Waals surface area (Å²) in [5.41, 5.74) is 2.38. The summed E-state index contributed by atoms with van der Waals surface area (Å²) in [5.74, 6) is -0.101. The van der Waals surface area contributed by atoms with Crippen molar-refractivity contribution in [1.29, 1.82) is 0 Å². The van der Waals surface area contributed by atoms with E-state index in [9.17, 15) is 9.59 Å². The summed E-state index contributed by atoms with van der Waals surface area (Å²) in [5, 5.41) is 2.86. The molecule has 0 radical (unpaired) electrons. The van der Waals surface area contributed by atoms with Crippen LogP contribution in [-0.4, -0.2) is 25.8 Å². The highest BCUT2D eigenvalue weighted by Crippen LogP contribution is 2.12. The topological polar surface area (TPSA) is 53.3 Å². The first-order valence-corrected chi connectivity index (χ1v) is 7.48. The first-order chi connectivity index (χ1) is 10.9. The number of benzene rings is 1. The van der Waals surface area contributed by atoms with Gasteiger partial charge < -0.3 is 10.2 Å². The molecule has 1 amide bonds. The molecule has 0 spiro atoms. The van der Waals surface area contributed by atoms with E-state index in [1.165, 1.54) is 6.92 Å². The van der Waals surface area contributed by atoms with Crippen molar-refractivity contribution in [1.82, 2.24) is 0 Å². The van der Waals surface area contributed by atoms with E-state index in [-0.39, 0.29) is 17.7 Å². The number of aromatic nitrogens is 1. The van der Waals surface area contributed by atoms with Crippen molar-refractivity contribution >= 4 is 23.1 Å². The van der Waals surface area contributed by atoms with Crippen LogP contribution in [-0.2, 0) is 4.79 Å². The fourth-order valence-electron chi connectivity index (χ4n) is 2.16. The third-order valence-electron chi connectivity index (χ3n) is 3.74. The lowest BCUT2D eigenvalue weighted by Crippen LogP contribution is -2.44. The predicted molar refractivity (Wildman–Crippen MR) is 90.8 cm³/mol. The van der Waals surface area contributed by atoms with Gasteiger partial charge >= 0.3 is 0 Å². The first kappa shape index (κ1) is 16.7. The molecule has 1 atom stereocenters. The van der Waals surface area contributed by atoms with Crippen LogP contribution in [0.25, 0.3) is 0 Å². The Labute approximate surface area is 136 Å². The highest BCUT2D eigenvalue weighted by molar-refractivity contribution is 5.96. The van der Waals surface area contributed by atoms with Gasteiger partial charge in [0.1, 0.15) is 0 Å². The lowest BCUT2D eigenvalue weighted by atomic mass is 10.1. The van der Waals surface area contributed by atoms with Gasteiger partial charge in [0.15, 0.2) is 18.2 Å². The van der Waals surface area contributed by atoms with E-state index in [1.54, 1.807) is 24.3 Å². The van der Waals surface area contributed by atoms with Crippen molar-refractivity contribution in [2.45, 2.75) is 19.9 Å². The van der Waals surface area contributed by atoms with Crippen LogP contribution in [0.2, 0.25) is 0 Å². The Hall–Kier alpha value is -2.69. The summed E-state index contributed by atoms with van der Waals surface area (Å²) in [6, 6.07) is 10.5. The minimum atomic E-state index is -0.335. The Morgan fingerprint density at radius 1 is 1.04 bits per heavy atom. The van der Waals surface area contributed by atoms with Gasteiger partial charge in [0, 0.05) is 50.1 Å². The molecule has 0 bridgehead atoms. The van der Waals surface area contributed by atoms with Gasteiger partial charge in [-0.2, -0.15) is 4.57 Å². The molecular formula is C18H22N3O2+. The lowest BCUT2D eigenvalue weighted by Gasteiger charge is -2.12. The molecule has 0 saturated heterocycles. The van der Waals surface area contributed by atoms with E-state index in [2.05, 4.69) is 5.32 Å². The second-order valence-corrected chi connectivity index (χ2v) is 5.70. The molecular weight excluding hydrogens is 290 g/mol. The van der Waals surface area contributed by atoms with E-state index < -0.39 is 0 Å². The standard InChI is InChI=1S/C18H21N3O2/c1-13(21-11-9-17(10-12-21)20(3)4)18(23)19-16-7-5-15(6-8-16)14(2)22/h5-13H,1-4H3/p+1/t13-/m0/s1. The molecule has 0 aliphatic heterocycles. The van der Waals surface area contributed by atoms with Crippen LogP contribution in [0.1, 0.15) is 30.2 Å². The predicted octanol–water partition coefficient (Wildman–Crippen LogP) is 2.44. The zero-order valence-electron chi connectivity index (χ0n) is 13.9. The Morgan fingerprint density at radius 3 is 2.09 bits per heavy atom. The van der Waals surface area contributed by atoms with Gasteiger partial charge in [-0.25, -0.2) is 0 Å². The van der Waals surface area contributed by atoms with Gasteiger partial charge in [0.05, 0.1) is 0 Å². The smallest absolute Gasteiger partial charge is 0.293 e. The Bertz CT molecular complexity index is 691. The van der Waals surface area contributed by atoms with Crippen molar-refractivity contribution in [3.05, 3.63) is 54.4 Å². The van der Waals surface area contributed by atoms with Crippen LogP contribution in [0, 0.1) is 0 Å². The number of ketones is 1. The molecule has 5 heteroatoms. The van der Waals surface area contributed by atoms with Crippen molar-refractivity contribution in [2.24, 2.45) is 0 Å². The minimum Gasteiger partial charge on any atom is -0.377 e. The number of anilines is 2. The van der Waals surface area contributed by atoms with Crippen molar-refractivity contribution in [2.75, 3.05) is 24.3 Å². The maximum atomic E-state index is 12.3. The molecule has 0 aliphatic carbocycles. The van der Waals surface area contributed by atoms with Crippen LogP contribution in [0.4, 0.5) is 11.4 Å². The third kappa shape index (κ3) is 4.16. The van der Waals surface area contributed by atoms with E-state index in [0.717, 1.165) is 5.69 Å². The molecule has 2 rings (SSSR count). The number of pyridine rings is 1. The molecule has 0 unspecified atom stereocenters. The Kier molecular flexibility index (Phi) is 5.11. The van der Waals surface area contributed by atoms with Crippen LogP contribution in [0.15, 0.2) is 48.8 Å². The van der Waals surface area contributed by atoms with Crippen LogP contribution >= 0.6 is 0 Å². The second-order valence-electron chi connectivity index (χ2n) is 5.70. The highest BCUT2D eigenvalue weighted by atomic mass is 16.2. The number of rotatable bonds is 5. The SMILES string of the molecule is CC(=O)c1ccc(NC(=O)[C@H](C)[n+]2ccc(N(C)C)cc2)cc1. The van der Waals surface area contributed by atoms with E-state index in [4.69, 9.17) is 0 Å². The lowest BCUT2D eigenvalue weighted by molar-refractivity contribution is -0.705. The molecule has 2 aromatic rings. The summed E-state index contributed by atoms with van der Waals surface area (Å²) in [7, 11) is 3.95. The number of carbonyl (C=O) groups is 2. The number of nitrogens with one attached hydrogen (secondary N) is 1. The molecule has 0 fully saturated rings. The molecule has 0 aliphatic rings. The number of carbonyl (C=O) groups excluding carboxylic acids is 2. The molecule has 1 N–H and O–H groups in total. The fourth-order valence-corrected chi connectivity index (χ4v) is 2.16. The first-order valence-electron chi connectivity index (χ1n) is 7.48. The summed E-state index contributed by atoms with van der Waals surface area (Å²) >= 11 is 0. The Morgan fingerprint density at radius 2 is 1.61 bits per heavy atom. The van der Waals surface area contributed by atoms with Gasteiger partial charge in [0.2, 0.25) is 6.04 Å². The van der Waals surface area contributed by atoms with Crippen molar-refractivity contribution in [3.8, 4) is 0 Å². The summed E-state index contributed by atoms with van der Waals surface area (Å²) in [6.45, 7) is 3.36. The number of nitrogens with zero attached hydrogens (tertiary/aromatic N) is 2. The van der Waals surface area contributed by atoms with Crippen LogP contribution in [0.5, 0.6) is 0 Å². The largest absolute Gasteiger partial charge is 0.377 e. The maximum absolute atomic E-state index is 12.3. The number of hydrogen-bond donors (Lipinski definition) is 1. The van der Waals surface area contributed by atoms with Crippen molar-refractivity contribution < 1.29 is 14.2 Å². The zero-order chi connectivity index (χ0) is 17.0. The van der Waals surface area contributed by atoms with Crippen molar-refractivity contribution in [3.63, 3.8) is 0 Å². The van der Waals surface area contributed by atoms with Gasteiger partial charge in [-0.05, 0) is 31.2 Å².